The first-order valence-corrected chi connectivity index (χ1v) is 5.55. The van der Waals surface area contributed by atoms with Crippen LogP contribution in [0.4, 0.5) is 13.2 Å². The maximum atomic E-state index is 12.6. The molecular weight excluding hydrogens is 287 g/mol. The summed E-state index contributed by atoms with van der Waals surface area (Å²) < 4.78 is 38.9. The molecule has 2 aromatic rings. The van der Waals surface area contributed by atoms with E-state index in [1.807, 2.05) is 6.07 Å². The van der Waals surface area contributed by atoms with Crippen molar-refractivity contribution in [2.24, 2.45) is 0 Å². The molecule has 1 aromatic carbocycles. The van der Waals surface area contributed by atoms with Gasteiger partial charge >= 0.3 is 6.18 Å². The van der Waals surface area contributed by atoms with Gasteiger partial charge in [0.05, 0.1) is 17.3 Å². The molecule has 21 heavy (non-hydrogen) atoms. The standard InChI is InChI=1S/C12H8F3N3.CH2O2/c1-8-7-18(17-11(8)12(13,14)15)10-4-2-9(6-16)3-5-10;2-1-3/h2-5,7H,1H3;1H,(H,2,3). The van der Waals surface area contributed by atoms with Crippen LogP contribution in [0.2, 0.25) is 0 Å². The highest BCUT2D eigenvalue weighted by Gasteiger charge is 2.35. The number of halogens is 3. The van der Waals surface area contributed by atoms with E-state index in [9.17, 15) is 13.2 Å². The van der Waals surface area contributed by atoms with Gasteiger partial charge in [-0.25, -0.2) is 4.68 Å². The summed E-state index contributed by atoms with van der Waals surface area (Å²) in [5, 5.41) is 19.0. The van der Waals surface area contributed by atoms with E-state index in [4.69, 9.17) is 15.2 Å². The van der Waals surface area contributed by atoms with Crippen LogP contribution in [0.3, 0.4) is 0 Å². The van der Waals surface area contributed by atoms with Crippen molar-refractivity contribution in [1.29, 1.82) is 5.26 Å². The van der Waals surface area contributed by atoms with Crippen LogP contribution >= 0.6 is 0 Å². The third-order valence-corrected chi connectivity index (χ3v) is 2.43. The average molecular weight is 297 g/mol. The molecule has 0 unspecified atom stereocenters. The van der Waals surface area contributed by atoms with Gasteiger partial charge in [-0.3, -0.25) is 4.79 Å². The highest BCUT2D eigenvalue weighted by molar-refractivity contribution is 5.39. The summed E-state index contributed by atoms with van der Waals surface area (Å²) >= 11 is 0. The van der Waals surface area contributed by atoms with Crippen molar-refractivity contribution in [3.05, 3.63) is 47.3 Å². The van der Waals surface area contributed by atoms with Gasteiger partial charge in [0, 0.05) is 6.20 Å². The zero-order valence-electron chi connectivity index (χ0n) is 10.8. The van der Waals surface area contributed by atoms with Crippen LogP contribution in [0.1, 0.15) is 16.8 Å². The summed E-state index contributed by atoms with van der Waals surface area (Å²) in [6, 6.07) is 8.09. The molecule has 0 fully saturated rings. The largest absolute Gasteiger partial charge is 0.483 e. The van der Waals surface area contributed by atoms with Crippen molar-refractivity contribution in [3.63, 3.8) is 0 Å². The van der Waals surface area contributed by atoms with E-state index >= 15 is 0 Å². The topological polar surface area (TPSA) is 78.9 Å². The van der Waals surface area contributed by atoms with E-state index in [1.54, 1.807) is 12.1 Å². The minimum absolute atomic E-state index is 0.0619. The lowest BCUT2D eigenvalue weighted by Gasteiger charge is -2.03. The van der Waals surface area contributed by atoms with E-state index in [0.717, 1.165) is 4.68 Å². The highest BCUT2D eigenvalue weighted by atomic mass is 19.4. The van der Waals surface area contributed by atoms with Gasteiger partial charge < -0.3 is 5.11 Å². The van der Waals surface area contributed by atoms with Gasteiger partial charge in [-0.15, -0.1) is 0 Å². The molecule has 0 atom stereocenters. The SMILES string of the molecule is Cc1cn(-c2ccc(C#N)cc2)nc1C(F)(F)F.O=CO. The maximum absolute atomic E-state index is 12.6. The second kappa shape index (κ2) is 6.56. The highest BCUT2D eigenvalue weighted by Crippen LogP contribution is 2.30. The molecule has 2 rings (SSSR count). The minimum atomic E-state index is -4.46. The van der Waals surface area contributed by atoms with Crippen molar-refractivity contribution in [1.82, 2.24) is 9.78 Å². The van der Waals surface area contributed by atoms with Crippen molar-refractivity contribution < 1.29 is 23.1 Å². The number of carboxylic acid groups (broad SMARTS) is 1. The Balaban J connectivity index is 0.000000677. The number of aryl methyl sites for hydroxylation is 1. The zero-order chi connectivity index (χ0) is 16.0. The molecule has 8 heteroatoms. The lowest BCUT2D eigenvalue weighted by molar-refractivity contribution is -0.141. The number of hydrogen-bond acceptors (Lipinski definition) is 3. The van der Waals surface area contributed by atoms with Crippen molar-refractivity contribution in [3.8, 4) is 11.8 Å². The van der Waals surface area contributed by atoms with Gasteiger partial charge in [0.1, 0.15) is 0 Å². The van der Waals surface area contributed by atoms with Crippen molar-refractivity contribution >= 4 is 6.47 Å². The summed E-state index contributed by atoms with van der Waals surface area (Å²) in [4.78, 5) is 8.36. The fourth-order valence-electron chi connectivity index (χ4n) is 1.56. The molecule has 1 aromatic heterocycles. The second-order valence-electron chi connectivity index (χ2n) is 3.87. The minimum Gasteiger partial charge on any atom is -0.483 e. The van der Waals surface area contributed by atoms with Gasteiger partial charge in [-0.2, -0.15) is 23.5 Å². The first-order valence-electron chi connectivity index (χ1n) is 5.55. The monoisotopic (exact) mass is 297 g/mol. The first-order chi connectivity index (χ1) is 9.83. The quantitative estimate of drug-likeness (QED) is 0.821. The number of rotatable bonds is 1. The van der Waals surface area contributed by atoms with Crippen LogP contribution in [0, 0.1) is 18.3 Å². The lowest BCUT2D eigenvalue weighted by atomic mass is 10.2. The molecule has 0 saturated carbocycles. The Morgan fingerprint density at radius 1 is 1.33 bits per heavy atom. The molecule has 0 aliphatic rings. The van der Waals surface area contributed by atoms with Crippen LogP contribution in [0.25, 0.3) is 5.69 Å². The third kappa shape index (κ3) is 4.07. The summed E-state index contributed by atoms with van der Waals surface area (Å²) in [7, 11) is 0. The fraction of sp³-hybridized carbons (Fsp3) is 0.154. The Labute approximate surface area is 117 Å². The van der Waals surface area contributed by atoms with Gasteiger partial charge in [0.2, 0.25) is 0 Å². The number of nitrogens with zero attached hydrogens (tertiary/aromatic N) is 3. The fourth-order valence-corrected chi connectivity index (χ4v) is 1.56. The second-order valence-corrected chi connectivity index (χ2v) is 3.87. The molecule has 5 nitrogen and oxygen atoms in total. The number of hydrogen-bond donors (Lipinski definition) is 1. The van der Waals surface area contributed by atoms with Gasteiger partial charge in [0.25, 0.3) is 6.47 Å². The van der Waals surface area contributed by atoms with E-state index in [1.165, 1.54) is 25.3 Å². The zero-order valence-corrected chi connectivity index (χ0v) is 10.8. The summed E-state index contributed by atoms with van der Waals surface area (Å²) in [6.45, 7) is 1.11. The third-order valence-electron chi connectivity index (χ3n) is 2.43. The summed E-state index contributed by atoms with van der Waals surface area (Å²) in [6.07, 6.45) is -3.15. The molecule has 0 aliphatic carbocycles. The van der Waals surface area contributed by atoms with Gasteiger partial charge in [-0.05, 0) is 36.8 Å². The predicted molar refractivity (Wildman–Crippen MR) is 66.7 cm³/mol. The van der Waals surface area contributed by atoms with E-state index in [-0.39, 0.29) is 12.0 Å². The Hall–Kier alpha value is -2.82. The Bertz CT molecular complexity index is 655. The van der Waals surface area contributed by atoms with Gasteiger partial charge in [0.15, 0.2) is 5.69 Å². The van der Waals surface area contributed by atoms with Gasteiger partial charge in [-0.1, -0.05) is 0 Å². The molecule has 0 aliphatic heterocycles. The molecule has 0 amide bonds. The molecule has 0 saturated heterocycles. The number of benzene rings is 1. The summed E-state index contributed by atoms with van der Waals surface area (Å²) in [5.74, 6) is 0. The lowest BCUT2D eigenvalue weighted by Crippen LogP contribution is -2.08. The van der Waals surface area contributed by atoms with E-state index in [2.05, 4.69) is 5.10 Å². The maximum Gasteiger partial charge on any atom is 0.435 e. The molecule has 1 N–H and O–H groups in total. The molecule has 110 valence electrons. The smallest absolute Gasteiger partial charge is 0.435 e. The van der Waals surface area contributed by atoms with Crippen molar-refractivity contribution in [2.45, 2.75) is 13.1 Å². The van der Waals surface area contributed by atoms with E-state index in [0.29, 0.717) is 11.3 Å². The Kier molecular flexibility index (Phi) is 5.07. The molecule has 0 radical (unpaired) electrons. The van der Waals surface area contributed by atoms with Crippen LogP contribution in [0.15, 0.2) is 30.5 Å². The Morgan fingerprint density at radius 3 is 2.24 bits per heavy atom. The molecule has 0 bridgehead atoms. The summed E-state index contributed by atoms with van der Waals surface area (Å²) in [5.41, 5.74) is 0.0880. The van der Waals surface area contributed by atoms with Crippen LogP contribution < -0.4 is 0 Å². The Morgan fingerprint density at radius 2 is 1.86 bits per heavy atom. The predicted octanol–water partition coefficient (Wildman–Crippen LogP) is 2.77. The molecule has 1 heterocycles. The molecule has 0 spiro atoms. The normalized spacial score (nSPS) is 10.2. The van der Waals surface area contributed by atoms with Crippen molar-refractivity contribution in [2.75, 3.05) is 0 Å². The average Bonchev–Trinajstić information content (AvgIpc) is 2.82. The number of carbonyl (C=O) groups is 1. The van der Waals surface area contributed by atoms with E-state index < -0.39 is 11.9 Å². The number of nitriles is 1. The van der Waals surface area contributed by atoms with Crippen LogP contribution in [-0.2, 0) is 11.0 Å². The van der Waals surface area contributed by atoms with Crippen LogP contribution in [-0.4, -0.2) is 21.4 Å². The number of aromatic nitrogens is 2. The first kappa shape index (κ1) is 16.2. The van der Waals surface area contributed by atoms with Crippen LogP contribution in [0.5, 0.6) is 0 Å². The number of alkyl halides is 3. The molecular formula is C13H10F3N3O2.